The fourth-order valence-corrected chi connectivity index (χ4v) is 1.76. The Kier molecular flexibility index (Phi) is 3.63. The Morgan fingerprint density at radius 2 is 2.12 bits per heavy atom. The van der Waals surface area contributed by atoms with Gasteiger partial charge < -0.3 is 9.64 Å². The molecule has 0 aromatic rings. The molecule has 0 aromatic carbocycles. The first-order valence-corrected chi connectivity index (χ1v) is 5.79. The van der Waals surface area contributed by atoms with Gasteiger partial charge in [0.15, 0.2) is 0 Å². The number of carbonyl (C=O) groups is 1. The minimum Gasteiger partial charge on any atom is -0.420 e. The highest BCUT2D eigenvalue weighted by atomic mass is 16.6. The van der Waals surface area contributed by atoms with E-state index in [1.165, 1.54) is 17.7 Å². The molecule has 6 nitrogen and oxygen atoms in total. The van der Waals surface area contributed by atoms with E-state index in [4.69, 9.17) is 4.74 Å². The van der Waals surface area contributed by atoms with Crippen molar-refractivity contribution in [3.05, 3.63) is 12.3 Å². The van der Waals surface area contributed by atoms with Crippen LogP contribution >= 0.6 is 0 Å². The quantitative estimate of drug-likeness (QED) is 0.716. The van der Waals surface area contributed by atoms with Gasteiger partial charge in [-0.25, -0.2) is 14.8 Å². The average molecular weight is 238 g/mol. The second-order valence-corrected chi connectivity index (χ2v) is 4.32. The number of carbonyl (C=O) groups excluding carboxylic acids is 1. The Morgan fingerprint density at radius 3 is 2.65 bits per heavy atom. The molecule has 1 fully saturated rings. The standard InChI is InChI=1S/C11H18N4O2/c1-13(2)11(16)17-10-5-8-15(9-12-10)14-6-3-4-7-14/h5,8-10H,3-4,6-7H2,1-2H3. The van der Waals surface area contributed by atoms with Gasteiger partial charge in [0.25, 0.3) is 0 Å². The van der Waals surface area contributed by atoms with Crippen LogP contribution in [0.25, 0.3) is 0 Å². The van der Waals surface area contributed by atoms with Gasteiger partial charge in [0.2, 0.25) is 6.23 Å². The average Bonchev–Trinajstić information content (AvgIpc) is 2.83. The lowest BCUT2D eigenvalue weighted by molar-refractivity contribution is 0.0863. The van der Waals surface area contributed by atoms with Crippen LogP contribution in [0.4, 0.5) is 4.79 Å². The number of ether oxygens (including phenoxy) is 1. The van der Waals surface area contributed by atoms with Gasteiger partial charge in [0.1, 0.15) is 6.34 Å². The minimum atomic E-state index is -0.510. The summed E-state index contributed by atoms with van der Waals surface area (Å²) < 4.78 is 5.12. The fraction of sp³-hybridized carbons (Fsp3) is 0.636. The van der Waals surface area contributed by atoms with Gasteiger partial charge in [0, 0.05) is 33.4 Å². The first-order chi connectivity index (χ1) is 8.16. The molecule has 2 heterocycles. The topological polar surface area (TPSA) is 48.4 Å². The molecule has 1 amide bonds. The van der Waals surface area contributed by atoms with Crippen molar-refractivity contribution >= 4 is 12.4 Å². The van der Waals surface area contributed by atoms with Gasteiger partial charge in [0.05, 0.1) is 0 Å². The van der Waals surface area contributed by atoms with Gasteiger partial charge in [-0.1, -0.05) is 0 Å². The van der Waals surface area contributed by atoms with Crippen LogP contribution in [0, 0.1) is 0 Å². The maximum Gasteiger partial charge on any atom is 0.411 e. The molecule has 2 aliphatic rings. The van der Waals surface area contributed by atoms with Crippen LogP contribution in [0.5, 0.6) is 0 Å². The maximum absolute atomic E-state index is 11.3. The molecule has 0 bridgehead atoms. The molecule has 0 N–H and O–H groups in total. The highest BCUT2D eigenvalue weighted by Crippen LogP contribution is 2.13. The van der Waals surface area contributed by atoms with E-state index in [-0.39, 0.29) is 6.09 Å². The lowest BCUT2D eigenvalue weighted by Crippen LogP contribution is -2.38. The molecule has 17 heavy (non-hydrogen) atoms. The minimum absolute atomic E-state index is 0.383. The molecular formula is C11H18N4O2. The molecule has 1 saturated heterocycles. The highest BCUT2D eigenvalue weighted by molar-refractivity contribution is 5.67. The van der Waals surface area contributed by atoms with E-state index < -0.39 is 6.23 Å². The van der Waals surface area contributed by atoms with Crippen molar-refractivity contribution in [2.75, 3.05) is 27.2 Å². The summed E-state index contributed by atoms with van der Waals surface area (Å²) in [5, 5.41) is 4.16. The number of hydrazine groups is 1. The second-order valence-electron chi connectivity index (χ2n) is 4.32. The van der Waals surface area contributed by atoms with Gasteiger partial charge in [-0.15, -0.1) is 0 Å². The van der Waals surface area contributed by atoms with Crippen LogP contribution in [0.3, 0.4) is 0 Å². The number of rotatable bonds is 2. The Bertz CT molecular complexity index is 320. The predicted molar refractivity (Wildman–Crippen MR) is 64.2 cm³/mol. The molecule has 0 aliphatic carbocycles. The molecule has 0 spiro atoms. The van der Waals surface area contributed by atoms with Gasteiger partial charge in [-0.05, 0) is 18.9 Å². The lowest BCUT2D eigenvalue weighted by atomic mass is 10.4. The summed E-state index contributed by atoms with van der Waals surface area (Å²) in [4.78, 5) is 16.9. The van der Waals surface area contributed by atoms with Crippen molar-refractivity contribution in [1.82, 2.24) is 14.9 Å². The van der Waals surface area contributed by atoms with Crippen LogP contribution in [-0.4, -0.2) is 60.8 Å². The zero-order valence-corrected chi connectivity index (χ0v) is 10.2. The van der Waals surface area contributed by atoms with Crippen molar-refractivity contribution in [2.24, 2.45) is 4.99 Å². The summed E-state index contributed by atoms with van der Waals surface area (Å²) in [5.41, 5.74) is 0. The summed E-state index contributed by atoms with van der Waals surface area (Å²) in [5.74, 6) is 0. The first-order valence-electron chi connectivity index (χ1n) is 5.79. The SMILES string of the molecule is CN(C)C(=O)OC1C=CN(N2CCCC2)C=N1. The van der Waals surface area contributed by atoms with Crippen molar-refractivity contribution < 1.29 is 9.53 Å². The Hall–Kier alpha value is -1.56. The summed E-state index contributed by atoms with van der Waals surface area (Å²) in [6.07, 6.45) is 6.93. The maximum atomic E-state index is 11.3. The molecule has 94 valence electrons. The first kappa shape index (κ1) is 11.9. The van der Waals surface area contributed by atoms with E-state index in [0.717, 1.165) is 13.1 Å². The van der Waals surface area contributed by atoms with Gasteiger partial charge >= 0.3 is 6.09 Å². The zero-order chi connectivity index (χ0) is 12.3. The van der Waals surface area contributed by atoms with E-state index in [2.05, 4.69) is 10.0 Å². The molecule has 2 aliphatic heterocycles. The Balaban J connectivity index is 1.85. The molecule has 0 saturated carbocycles. The highest BCUT2D eigenvalue weighted by Gasteiger charge is 2.20. The van der Waals surface area contributed by atoms with E-state index in [0.29, 0.717) is 0 Å². The summed E-state index contributed by atoms with van der Waals surface area (Å²) in [6, 6.07) is 0. The molecule has 1 unspecified atom stereocenters. The smallest absolute Gasteiger partial charge is 0.411 e. The number of nitrogens with zero attached hydrogens (tertiary/aromatic N) is 4. The molecule has 6 heteroatoms. The Labute approximate surface area is 101 Å². The monoisotopic (exact) mass is 238 g/mol. The zero-order valence-electron chi connectivity index (χ0n) is 10.2. The summed E-state index contributed by atoms with van der Waals surface area (Å²) in [7, 11) is 3.30. The molecule has 0 radical (unpaired) electrons. The number of hydrogen-bond acceptors (Lipinski definition) is 5. The van der Waals surface area contributed by atoms with Crippen molar-refractivity contribution in [3.8, 4) is 0 Å². The summed E-state index contributed by atoms with van der Waals surface area (Å²) in [6.45, 7) is 2.11. The van der Waals surface area contributed by atoms with Gasteiger partial charge in [-0.3, -0.25) is 5.01 Å². The molecule has 2 rings (SSSR count). The third kappa shape index (κ3) is 2.97. The second kappa shape index (κ2) is 5.18. The van der Waals surface area contributed by atoms with Crippen LogP contribution in [0.1, 0.15) is 12.8 Å². The fourth-order valence-electron chi connectivity index (χ4n) is 1.76. The van der Waals surface area contributed by atoms with Crippen molar-refractivity contribution in [1.29, 1.82) is 0 Å². The molecule has 1 atom stereocenters. The van der Waals surface area contributed by atoms with E-state index >= 15 is 0 Å². The third-order valence-electron chi connectivity index (χ3n) is 2.73. The normalized spacial score (nSPS) is 24.1. The predicted octanol–water partition coefficient (Wildman–Crippen LogP) is 0.879. The van der Waals surface area contributed by atoms with Crippen LogP contribution in [0.2, 0.25) is 0 Å². The number of aliphatic imine (C=N–C) groups is 1. The number of amides is 1. The van der Waals surface area contributed by atoms with Crippen molar-refractivity contribution in [2.45, 2.75) is 19.1 Å². The largest absolute Gasteiger partial charge is 0.420 e. The van der Waals surface area contributed by atoms with Crippen molar-refractivity contribution in [3.63, 3.8) is 0 Å². The van der Waals surface area contributed by atoms with E-state index in [1.807, 2.05) is 11.2 Å². The molecular weight excluding hydrogens is 220 g/mol. The van der Waals surface area contributed by atoms with Crippen LogP contribution < -0.4 is 0 Å². The van der Waals surface area contributed by atoms with Crippen LogP contribution in [0.15, 0.2) is 17.3 Å². The van der Waals surface area contributed by atoms with E-state index in [1.54, 1.807) is 26.5 Å². The lowest BCUT2D eigenvalue weighted by Gasteiger charge is -2.29. The van der Waals surface area contributed by atoms with E-state index in [9.17, 15) is 4.79 Å². The molecule has 0 aromatic heterocycles. The third-order valence-corrected chi connectivity index (χ3v) is 2.73. The van der Waals surface area contributed by atoms with Crippen LogP contribution in [-0.2, 0) is 4.74 Å². The Morgan fingerprint density at radius 1 is 1.41 bits per heavy atom. The summed E-state index contributed by atoms with van der Waals surface area (Å²) >= 11 is 0. The van der Waals surface area contributed by atoms with Gasteiger partial charge in [-0.2, -0.15) is 0 Å². The number of hydrogen-bond donors (Lipinski definition) is 0.